The van der Waals surface area contributed by atoms with E-state index in [1.165, 1.54) is 30.3 Å². The summed E-state index contributed by atoms with van der Waals surface area (Å²) >= 11 is 0. The van der Waals surface area contributed by atoms with Crippen LogP contribution in [0, 0.1) is 5.82 Å². The third-order valence-corrected chi connectivity index (χ3v) is 2.84. The number of amidine groups is 1. The van der Waals surface area contributed by atoms with Crippen LogP contribution in [0.2, 0.25) is 0 Å². The van der Waals surface area contributed by atoms with E-state index in [2.05, 4.69) is 14.7 Å². The number of alkyl halides is 3. The molecule has 9 heteroatoms. The van der Waals surface area contributed by atoms with Crippen molar-refractivity contribution in [2.24, 2.45) is 10.9 Å². The minimum absolute atomic E-state index is 0.0738. The van der Waals surface area contributed by atoms with Crippen molar-refractivity contribution in [3.63, 3.8) is 0 Å². The average Bonchev–Trinajstić information content (AvgIpc) is 2.58. The summed E-state index contributed by atoms with van der Waals surface area (Å²) in [6.07, 6.45) is -4.50. The quantitative estimate of drug-likeness (QED) is 0.293. The van der Waals surface area contributed by atoms with E-state index >= 15 is 0 Å². The summed E-state index contributed by atoms with van der Waals surface area (Å²) < 4.78 is 53.7. The first-order chi connectivity index (χ1) is 11.7. The number of carbonyl (C=O) groups is 1. The monoisotopic (exact) mass is 356 g/mol. The Labute approximate surface area is 139 Å². The molecule has 0 aliphatic rings. The molecular formula is C16H12F4N2O3. The van der Waals surface area contributed by atoms with Gasteiger partial charge < -0.3 is 15.3 Å². The fraction of sp³-hybridized carbons (Fsp3) is 0.125. The largest absolute Gasteiger partial charge is 0.484 e. The average molecular weight is 356 g/mol. The number of nitrogens with two attached hydrogens (primary N) is 1. The number of nitrogens with zero attached hydrogens (tertiary/aromatic N) is 1. The third kappa shape index (κ3) is 5.79. The maximum absolute atomic E-state index is 12.8. The first-order valence-electron chi connectivity index (χ1n) is 6.85. The van der Waals surface area contributed by atoms with E-state index < -0.39 is 24.6 Å². The summed E-state index contributed by atoms with van der Waals surface area (Å²) in [5, 5.41) is 3.42. The number of oxime groups is 1. The molecule has 0 aliphatic carbocycles. The van der Waals surface area contributed by atoms with Crippen LogP contribution in [0.5, 0.6) is 5.75 Å². The van der Waals surface area contributed by atoms with Crippen molar-refractivity contribution < 1.29 is 31.9 Å². The van der Waals surface area contributed by atoms with Gasteiger partial charge in [-0.25, -0.2) is 9.18 Å². The van der Waals surface area contributed by atoms with Crippen LogP contribution < -0.4 is 10.5 Å². The van der Waals surface area contributed by atoms with Crippen molar-refractivity contribution in [2.45, 2.75) is 6.18 Å². The van der Waals surface area contributed by atoms with E-state index in [-0.39, 0.29) is 17.1 Å². The van der Waals surface area contributed by atoms with Crippen LogP contribution in [0.25, 0.3) is 0 Å². The van der Waals surface area contributed by atoms with E-state index in [9.17, 15) is 22.4 Å². The van der Waals surface area contributed by atoms with E-state index in [1.807, 2.05) is 0 Å². The second-order valence-corrected chi connectivity index (χ2v) is 4.79. The zero-order valence-electron chi connectivity index (χ0n) is 12.6. The number of halogens is 4. The molecule has 2 aromatic carbocycles. The lowest BCUT2D eigenvalue weighted by molar-refractivity contribution is -0.153. The lowest BCUT2D eigenvalue weighted by atomic mass is 10.2. The molecule has 2 N–H and O–H groups in total. The van der Waals surface area contributed by atoms with Crippen LogP contribution >= 0.6 is 0 Å². The number of hydrogen-bond acceptors (Lipinski definition) is 4. The second-order valence-electron chi connectivity index (χ2n) is 4.79. The van der Waals surface area contributed by atoms with Gasteiger partial charge in [-0.15, -0.1) is 0 Å². The summed E-state index contributed by atoms with van der Waals surface area (Å²) in [6.45, 7) is -1.48. The van der Waals surface area contributed by atoms with Crippen molar-refractivity contribution >= 4 is 11.8 Å². The highest BCUT2D eigenvalue weighted by Gasteiger charge is 2.28. The highest BCUT2D eigenvalue weighted by atomic mass is 19.4. The molecule has 2 rings (SSSR count). The lowest BCUT2D eigenvalue weighted by Gasteiger charge is -2.09. The molecular weight excluding hydrogens is 344 g/mol. The van der Waals surface area contributed by atoms with Gasteiger partial charge in [-0.3, -0.25) is 0 Å². The Morgan fingerprint density at radius 2 is 1.76 bits per heavy atom. The van der Waals surface area contributed by atoms with Crippen LogP contribution in [-0.2, 0) is 4.84 Å². The Hall–Kier alpha value is -3.10. The van der Waals surface area contributed by atoms with Gasteiger partial charge in [0.15, 0.2) is 12.4 Å². The van der Waals surface area contributed by atoms with Crippen LogP contribution in [-0.4, -0.2) is 24.6 Å². The number of benzene rings is 2. The maximum Gasteiger partial charge on any atom is 0.422 e. The van der Waals surface area contributed by atoms with Gasteiger partial charge >= 0.3 is 12.1 Å². The molecule has 0 saturated heterocycles. The number of hydrogen-bond donors (Lipinski definition) is 1. The van der Waals surface area contributed by atoms with Crippen LogP contribution in [0.3, 0.4) is 0 Å². The Morgan fingerprint density at radius 1 is 1.08 bits per heavy atom. The maximum atomic E-state index is 12.8. The Bertz CT molecular complexity index is 774. The van der Waals surface area contributed by atoms with Crippen molar-refractivity contribution in [3.05, 3.63) is 65.5 Å². The highest BCUT2D eigenvalue weighted by Crippen LogP contribution is 2.19. The second kappa shape index (κ2) is 7.65. The standard InChI is InChI=1S/C16H12F4N2O3/c17-12-6-4-10(5-7-12)14(21)22-25-15(23)11-2-1-3-13(8-11)24-9-16(18,19)20/h1-8H,9H2,(H2,21,22). The molecule has 5 nitrogen and oxygen atoms in total. The van der Waals surface area contributed by atoms with Gasteiger partial charge in [-0.2, -0.15) is 13.2 Å². The first-order valence-corrected chi connectivity index (χ1v) is 6.85. The Morgan fingerprint density at radius 3 is 2.40 bits per heavy atom. The van der Waals surface area contributed by atoms with Gasteiger partial charge in [0, 0.05) is 5.56 Å². The van der Waals surface area contributed by atoms with Gasteiger partial charge in [0.05, 0.1) is 5.56 Å². The molecule has 25 heavy (non-hydrogen) atoms. The molecule has 0 amide bonds. The summed E-state index contributed by atoms with van der Waals surface area (Å²) in [6, 6.07) is 9.97. The van der Waals surface area contributed by atoms with Crippen molar-refractivity contribution in [1.29, 1.82) is 0 Å². The molecule has 0 aromatic heterocycles. The number of rotatable bonds is 5. The summed E-state index contributed by atoms with van der Waals surface area (Å²) in [5.41, 5.74) is 5.85. The molecule has 0 spiro atoms. The van der Waals surface area contributed by atoms with E-state index in [4.69, 9.17) is 5.73 Å². The van der Waals surface area contributed by atoms with Crippen molar-refractivity contribution in [3.8, 4) is 5.75 Å². The lowest BCUT2D eigenvalue weighted by Crippen LogP contribution is -2.19. The van der Waals surface area contributed by atoms with Gasteiger partial charge in [0.25, 0.3) is 0 Å². The first kappa shape index (κ1) is 18.2. The van der Waals surface area contributed by atoms with Gasteiger partial charge in [0.2, 0.25) is 0 Å². The fourth-order valence-corrected chi connectivity index (χ4v) is 1.69. The Kier molecular flexibility index (Phi) is 5.58. The zero-order chi connectivity index (χ0) is 18.4. The van der Waals surface area contributed by atoms with Crippen LogP contribution in [0.4, 0.5) is 17.6 Å². The van der Waals surface area contributed by atoms with Gasteiger partial charge in [0.1, 0.15) is 11.6 Å². The normalized spacial score (nSPS) is 11.9. The molecule has 0 saturated carbocycles. The minimum Gasteiger partial charge on any atom is -0.484 e. The van der Waals surface area contributed by atoms with E-state index in [0.29, 0.717) is 5.56 Å². The van der Waals surface area contributed by atoms with Crippen molar-refractivity contribution in [1.82, 2.24) is 0 Å². The van der Waals surface area contributed by atoms with Crippen molar-refractivity contribution in [2.75, 3.05) is 6.61 Å². The molecule has 132 valence electrons. The molecule has 0 unspecified atom stereocenters. The highest BCUT2D eigenvalue weighted by molar-refractivity contribution is 5.98. The van der Waals surface area contributed by atoms with Gasteiger partial charge in [-0.1, -0.05) is 11.2 Å². The van der Waals surface area contributed by atoms with E-state index in [1.54, 1.807) is 0 Å². The smallest absolute Gasteiger partial charge is 0.422 e. The predicted molar refractivity (Wildman–Crippen MR) is 80.5 cm³/mol. The molecule has 0 atom stereocenters. The predicted octanol–water partition coefficient (Wildman–Crippen LogP) is 3.24. The fourth-order valence-electron chi connectivity index (χ4n) is 1.69. The minimum atomic E-state index is -4.50. The molecule has 0 bridgehead atoms. The molecule has 2 aromatic rings. The summed E-state index contributed by atoms with van der Waals surface area (Å²) in [5.74, 6) is -1.73. The molecule has 0 heterocycles. The third-order valence-electron chi connectivity index (χ3n) is 2.84. The summed E-state index contributed by atoms with van der Waals surface area (Å²) in [7, 11) is 0. The Balaban J connectivity index is 2.03. The summed E-state index contributed by atoms with van der Waals surface area (Å²) in [4.78, 5) is 16.5. The van der Waals surface area contributed by atoms with Crippen LogP contribution in [0.1, 0.15) is 15.9 Å². The molecule has 0 radical (unpaired) electrons. The number of carbonyl (C=O) groups excluding carboxylic acids is 1. The van der Waals surface area contributed by atoms with Gasteiger partial charge in [-0.05, 0) is 42.5 Å². The number of ether oxygens (including phenoxy) is 1. The SMILES string of the molecule is N/C(=N\OC(=O)c1cccc(OCC(F)(F)F)c1)c1ccc(F)cc1. The molecule has 0 aliphatic heterocycles. The van der Waals surface area contributed by atoms with Crippen LogP contribution in [0.15, 0.2) is 53.7 Å². The zero-order valence-corrected chi connectivity index (χ0v) is 12.6. The topological polar surface area (TPSA) is 73.9 Å². The molecule has 0 fully saturated rings. The van der Waals surface area contributed by atoms with E-state index in [0.717, 1.165) is 18.2 Å².